The Kier molecular flexibility index (Phi) is 6.14. The van der Waals surface area contributed by atoms with E-state index in [-0.39, 0.29) is 11.9 Å². The number of rotatable bonds is 7. The van der Waals surface area contributed by atoms with Gasteiger partial charge in [-0.1, -0.05) is 60.7 Å². The zero-order valence-corrected chi connectivity index (χ0v) is 18.2. The van der Waals surface area contributed by atoms with Gasteiger partial charge in [0, 0.05) is 13.1 Å². The van der Waals surface area contributed by atoms with Gasteiger partial charge in [0.2, 0.25) is 5.91 Å². The number of fused-ring (bicyclic) bond motifs is 1. The van der Waals surface area contributed by atoms with Crippen molar-refractivity contribution in [3.63, 3.8) is 0 Å². The van der Waals surface area contributed by atoms with Gasteiger partial charge in [-0.05, 0) is 55.4 Å². The van der Waals surface area contributed by atoms with E-state index in [1.807, 2.05) is 47.9 Å². The Morgan fingerprint density at radius 1 is 1.00 bits per heavy atom. The quantitative estimate of drug-likeness (QED) is 0.481. The second kappa shape index (κ2) is 9.14. The number of carbonyl (C=O) groups is 1. The Hall–Kier alpha value is -3.44. The topological polar surface area (TPSA) is 50.2 Å². The lowest BCUT2D eigenvalue weighted by molar-refractivity contribution is -0.123. The number of aromatic nitrogens is 2. The largest absolute Gasteiger partial charge is 0.350 e. The highest BCUT2D eigenvalue weighted by Crippen LogP contribution is 2.25. The van der Waals surface area contributed by atoms with Crippen LogP contribution in [-0.4, -0.2) is 34.5 Å². The minimum absolute atomic E-state index is 0.0284. The van der Waals surface area contributed by atoms with Gasteiger partial charge in [-0.3, -0.25) is 4.79 Å². The van der Waals surface area contributed by atoms with Crippen molar-refractivity contribution >= 4 is 16.9 Å². The Balaban J connectivity index is 1.48. The summed E-state index contributed by atoms with van der Waals surface area (Å²) in [5.74, 6) is -0.0284. The molecule has 1 atom stereocenters. The van der Waals surface area contributed by atoms with Crippen LogP contribution < -0.4 is 5.32 Å². The maximum atomic E-state index is 12.9. The predicted molar refractivity (Wildman–Crippen MR) is 126 cm³/mol. The molecule has 0 aliphatic rings. The molecule has 5 heteroatoms. The summed E-state index contributed by atoms with van der Waals surface area (Å²) in [5.41, 5.74) is 6.52. The number of carbonyl (C=O) groups excluding carboxylic acids is 1. The first-order valence-electron chi connectivity index (χ1n) is 10.5. The van der Waals surface area contributed by atoms with Gasteiger partial charge in [0.25, 0.3) is 0 Å². The van der Waals surface area contributed by atoms with Crippen LogP contribution in [0.15, 0.2) is 79.1 Å². The number of benzene rings is 3. The lowest BCUT2D eigenvalue weighted by Crippen LogP contribution is -2.30. The van der Waals surface area contributed by atoms with Crippen LogP contribution in [0.25, 0.3) is 22.2 Å². The Labute approximate surface area is 183 Å². The molecule has 0 radical (unpaired) electrons. The van der Waals surface area contributed by atoms with E-state index in [4.69, 9.17) is 0 Å². The summed E-state index contributed by atoms with van der Waals surface area (Å²) in [5, 5.41) is 3.11. The summed E-state index contributed by atoms with van der Waals surface area (Å²) < 4.78 is 1.92. The predicted octanol–water partition coefficient (Wildman–Crippen LogP) is 4.64. The molecule has 0 aliphatic carbocycles. The summed E-state index contributed by atoms with van der Waals surface area (Å²) in [6, 6.07) is 24.4. The molecule has 4 aromatic rings. The number of para-hydroxylation sites is 2. The standard InChI is InChI=1S/C26H28N4O/c1-19(30-18-28-24-10-6-7-11-25(24)30)26(31)27-16-22-8-4-5-9-23(22)21-14-12-20(13-15-21)17-29(2)3/h4-15,18-19H,16-17H2,1-3H3,(H,27,31). The van der Waals surface area contributed by atoms with Crippen LogP contribution in [-0.2, 0) is 17.9 Å². The maximum Gasteiger partial charge on any atom is 0.243 e. The van der Waals surface area contributed by atoms with Crippen LogP contribution in [0.4, 0.5) is 0 Å². The molecular weight excluding hydrogens is 384 g/mol. The Morgan fingerprint density at radius 3 is 2.48 bits per heavy atom. The molecule has 0 spiro atoms. The van der Waals surface area contributed by atoms with Crippen LogP contribution in [0.1, 0.15) is 24.1 Å². The summed E-state index contributed by atoms with van der Waals surface area (Å²) in [6.07, 6.45) is 1.73. The van der Waals surface area contributed by atoms with E-state index in [1.54, 1.807) is 6.33 Å². The summed E-state index contributed by atoms with van der Waals surface area (Å²) in [6.45, 7) is 3.29. The number of hydrogen-bond acceptors (Lipinski definition) is 3. The number of imidazole rings is 1. The summed E-state index contributed by atoms with van der Waals surface area (Å²) in [4.78, 5) is 19.4. The van der Waals surface area contributed by atoms with Crippen molar-refractivity contribution in [1.29, 1.82) is 0 Å². The normalized spacial score (nSPS) is 12.3. The lowest BCUT2D eigenvalue weighted by atomic mass is 9.98. The molecule has 0 aliphatic heterocycles. The fourth-order valence-electron chi connectivity index (χ4n) is 3.85. The molecule has 5 nitrogen and oxygen atoms in total. The summed E-state index contributed by atoms with van der Waals surface area (Å²) in [7, 11) is 4.14. The number of amides is 1. The van der Waals surface area contributed by atoms with Crippen LogP contribution in [0.2, 0.25) is 0 Å². The molecule has 0 saturated carbocycles. The first kappa shape index (κ1) is 20.8. The zero-order chi connectivity index (χ0) is 21.8. The smallest absolute Gasteiger partial charge is 0.243 e. The van der Waals surface area contributed by atoms with Crippen LogP contribution in [0.3, 0.4) is 0 Å². The van der Waals surface area contributed by atoms with E-state index in [0.29, 0.717) is 6.54 Å². The van der Waals surface area contributed by atoms with Crippen LogP contribution >= 0.6 is 0 Å². The second-order valence-corrected chi connectivity index (χ2v) is 8.13. The first-order valence-corrected chi connectivity index (χ1v) is 10.5. The van der Waals surface area contributed by atoms with E-state index in [0.717, 1.165) is 34.3 Å². The zero-order valence-electron chi connectivity index (χ0n) is 18.2. The van der Waals surface area contributed by atoms with Gasteiger partial charge in [-0.25, -0.2) is 4.98 Å². The van der Waals surface area contributed by atoms with E-state index < -0.39 is 0 Å². The third-order valence-electron chi connectivity index (χ3n) is 5.51. The van der Waals surface area contributed by atoms with Crippen LogP contribution in [0, 0.1) is 0 Å². The van der Waals surface area contributed by atoms with E-state index in [2.05, 4.69) is 65.7 Å². The fourth-order valence-corrected chi connectivity index (χ4v) is 3.85. The lowest BCUT2D eigenvalue weighted by Gasteiger charge is -2.16. The molecule has 3 aromatic carbocycles. The van der Waals surface area contributed by atoms with Crippen molar-refractivity contribution in [2.45, 2.75) is 26.1 Å². The maximum absolute atomic E-state index is 12.9. The second-order valence-electron chi connectivity index (χ2n) is 8.13. The van der Waals surface area contributed by atoms with Crippen molar-refractivity contribution in [2.24, 2.45) is 0 Å². The molecule has 4 rings (SSSR count). The van der Waals surface area contributed by atoms with E-state index in [9.17, 15) is 4.79 Å². The van der Waals surface area contributed by atoms with Crippen molar-refractivity contribution < 1.29 is 4.79 Å². The molecule has 31 heavy (non-hydrogen) atoms. The van der Waals surface area contributed by atoms with Gasteiger partial charge < -0.3 is 14.8 Å². The minimum Gasteiger partial charge on any atom is -0.350 e. The number of nitrogens with one attached hydrogen (secondary N) is 1. The fraction of sp³-hybridized carbons (Fsp3) is 0.231. The van der Waals surface area contributed by atoms with E-state index in [1.165, 1.54) is 5.56 Å². The third-order valence-corrected chi connectivity index (χ3v) is 5.51. The van der Waals surface area contributed by atoms with Gasteiger partial charge in [0.15, 0.2) is 0 Å². The van der Waals surface area contributed by atoms with E-state index >= 15 is 0 Å². The van der Waals surface area contributed by atoms with Gasteiger partial charge >= 0.3 is 0 Å². The third kappa shape index (κ3) is 4.67. The highest BCUT2D eigenvalue weighted by molar-refractivity contribution is 5.83. The van der Waals surface area contributed by atoms with Crippen molar-refractivity contribution in [1.82, 2.24) is 19.8 Å². The molecule has 1 heterocycles. The van der Waals surface area contributed by atoms with Crippen LogP contribution in [0.5, 0.6) is 0 Å². The summed E-state index contributed by atoms with van der Waals surface area (Å²) >= 11 is 0. The average Bonchev–Trinajstić information content (AvgIpc) is 3.21. The molecule has 1 aromatic heterocycles. The molecule has 0 saturated heterocycles. The first-order chi connectivity index (χ1) is 15.0. The highest BCUT2D eigenvalue weighted by atomic mass is 16.2. The van der Waals surface area contributed by atoms with Crippen molar-refractivity contribution in [2.75, 3.05) is 14.1 Å². The van der Waals surface area contributed by atoms with Crippen molar-refractivity contribution in [3.8, 4) is 11.1 Å². The minimum atomic E-state index is -0.343. The van der Waals surface area contributed by atoms with Gasteiger partial charge in [0.05, 0.1) is 17.4 Å². The van der Waals surface area contributed by atoms with Crippen molar-refractivity contribution in [3.05, 3.63) is 90.3 Å². The Morgan fingerprint density at radius 2 is 1.71 bits per heavy atom. The highest BCUT2D eigenvalue weighted by Gasteiger charge is 2.17. The number of nitrogens with zero attached hydrogens (tertiary/aromatic N) is 3. The average molecular weight is 413 g/mol. The molecule has 1 unspecified atom stereocenters. The van der Waals surface area contributed by atoms with Gasteiger partial charge in [-0.15, -0.1) is 0 Å². The SMILES string of the molecule is CC(C(=O)NCc1ccccc1-c1ccc(CN(C)C)cc1)n1cnc2ccccc21. The molecule has 0 bridgehead atoms. The van der Waals surface area contributed by atoms with Gasteiger partial charge in [0.1, 0.15) is 6.04 Å². The molecule has 1 N–H and O–H groups in total. The Bertz CT molecular complexity index is 1180. The monoisotopic (exact) mass is 412 g/mol. The van der Waals surface area contributed by atoms with Gasteiger partial charge in [-0.2, -0.15) is 0 Å². The molecule has 0 fully saturated rings. The molecular formula is C26H28N4O. The molecule has 1 amide bonds. The number of hydrogen-bond donors (Lipinski definition) is 1. The molecule has 158 valence electrons.